The molecule has 1 aliphatic rings. The number of anilines is 1. The van der Waals surface area contributed by atoms with Crippen LogP contribution in [0.5, 0.6) is 0 Å². The molecule has 0 radical (unpaired) electrons. The molecule has 2 aromatic carbocycles. The van der Waals surface area contributed by atoms with Crippen LogP contribution in [0.3, 0.4) is 0 Å². The van der Waals surface area contributed by atoms with Crippen molar-refractivity contribution in [2.45, 2.75) is 135 Å². The zero-order chi connectivity index (χ0) is 49.4. The number of carbonyl (C=O) groups excluding carboxylic acids is 6. The van der Waals surface area contributed by atoms with Crippen molar-refractivity contribution in [2.75, 3.05) is 54.8 Å². The SMILES string of the molecule is CC[C@H](C)C([C@@H](CC(=O)N1CCC[C@H]1[C@H](OC)[C@@H](C)C(=O)NC(Cc1ccccc1)C(=O)NC(Cc1ccc(N)cc1)C(=O)OC)OC)N(C)C(=O)C(NC(=O)[C@H](C(C)C)N(C)C)C(C)C. The fourth-order valence-electron chi connectivity index (χ4n) is 9.27. The summed E-state index contributed by atoms with van der Waals surface area (Å²) < 4.78 is 17.1. The van der Waals surface area contributed by atoms with Crippen LogP contribution in [0.25, 0.3) is 0 Å². The van der Waals surface area contributed by atoms with Crippen molar-refractivity contribution in [3.05, 3.63) is 65.7 Å². The number of benzene rings is 2. The van der Waals surface area contributed by atoms with Gasteiger partial charge in [0.1, 0.15) is 18.1 Å². The topological polar surface area (TPSA) is 202 Å². The van der Waals surface area contributed by atoms with E-state index >= 15 is 0 Å². The number of carbonyl (C=O) groups is 6. The van der Waals surface area contributed by atoms with Crippen LogP contribution in [0.15, 0.2) is 54.6 Å². The van der Waals surface area contributed by atoms with Gasteiger partial charge in [0.2, 0.25) is 29.5 Å². The van der Waals surface area contributed by atoms with Gasteiger partial charge in [0.15, 0.2) is 0 Å². The molecule has 4 unspecified atom stereocenters. The zero-order valence-electron chi connectivity index (χ0n) is 41.7. The quantitative estimate of drug-likeness (QED) is 0.0833. The van der Waals surface area contributed by atoms with Gasteiger partial charge in [-0.25, -0.2) is 4.79 Å². The molecule has 0 spiro atoms. The summed E-state index contributed by atoms with van der Waals surface area (Å²) in [6.45, 7) is 13.9. The number of likely N-dealkylation sites (N-methyl/N-ethyl adjacent to an activating group) is 2. The molecule has 66 heavy (non-hydrogen) atoms. The minimum Gasteiger partial charge on any atom is -0.467 e. The number of nitrogen functional groups attached to an aromatic ring is 1. The molecule has 1 heterocycles. The summed E-state index contributed by atoms with van der Waals surface area (Å²) in [5, 5.41) is 8.78. The monoisotopic (exact) mass is 922 g/mol. The van der Waals surface area contributed by atoms with Crippen molar-refractivity contribution in [3.63, 3.8) is 0 Å². The maximum Gasteiger partial charge on any atom is 0.328 e. The minimum absolute atomic E-state index is 0.0179. The Morgan fingerprint density at radius 2 is 1.35 bits per heavy atom. The number of hydrogen-bond donors (Lipinski definition) is 4. The normalized spacial score (nSPS) is 18.1. The largest absolute Gasteiger partial charge is 0.467 e. The van der Waals surface area contributed by atoms with E-state index in [1.807, 2.05) is 90.9 Å². The van der Waals surface area contributed by atoms with Gasteiger partial charge in [-0.1, -0.05) is 97.4 Å². The van der Waals surface area contributed by atoms with E-state index in [1.165, 1.54) is 21.3 Å². The maximum atomic E-state index is 14.5. The molecular weight excluding hydrogens is 843 g/mol. The maximum absolute atomic E-state index is 14.5. The van der Waals surface area contributed by atoms with Crippen molar-refractivity contribution in [1.29, 1.82) is 0 Å². The lowest BCUT2D eigenvalue weighted by Crippen LogP contribution is -2.59. The highest BCUT2D eigenvalue weighted by atomic mass is 16.5. The average Bonchev–Trinajstić information content (AvgIpc) is 3.77. The lowest BCUT2D eigenvalue weighted by Gasteiger charge is -2.41. The van der Waals surface area contributed by atoms with E-state index in [1.54, 1.807) is 48.0 Å². The number of ether oxygens (including phenoxy) is 3. The molecule has 3 rings (SSSR count). The highest BCUT2D eigenvalue weighted by Crippen LogP contribution is 2.30. The van der Waals surface area contributed by atoms with Gasteiger partial charge in [-0.05, 0) is 68.0 Å². The van der Waals surface area contributed by atoms with Crippen LogP contribution in [0, 0.1) is 23.7 Å². The summed E-state index contributed by atoms with van der Waals surface area (Å²) >= 11 is 0. The Hall–Kier alpha value is -5.06. The highest BCUT2D eigenvalue weighted by Gasteiger charge is 2.44. The molecule has 0 aliphatic carbocycles. The molecule has 0 aromatic heterocycles. The second-order valence-electron chi connectivity index (χ2n) is 18.8. The average molecular weight is 922 g/mol. The van der Waals surface area contributed by atoms with Crippen molar-refractivity contribution in [2.24, 2.45) is 23.7 Å². The van der Waals surface area contributed by atoms with Gasteiger partial charge in [-0.3, -0.25) is 28.9 Å². The first kappa shape index (κ1) is 55.3. The molecular formula is C50H79N7O9. The van der Waals surface area contributed by atoms with E-state index in [4.69, 9.17) is 19.9 Å². The molecule has 1 aliphatic heterocycles. The number of hydrogen-bond acceptors (Lipinski definition) is 11. The first-order valence-corrected chi connectivity index (χ1v) is 23.4. The summed E-state index contributed by atoms with van der Waals surface area (Å²) in [6, 6.07) is 11.9. The summed E-state index contributed by atoms with van der Waals surface area (Å²) in [6.07, 6.45) is 0.757. The number of methoxy groups -OCH3 is 3. The smallest absolute Gasteiger partial charge is 0.328 e. The van der Waals surface area contributed by atoms with Crippen molar-refractivity contribution < 1.29 is 43.0 Å². The number of amides is 5. The number of nitrogens with two attached hydrogens (primary N) is 1. The molecule has 1 fully saturated rings. The summed E-state index contributed by atoms with van der Waals surface area (Å²) in [7, 11) is 9.69. The predicted octanol–water partition coefficient (Wildman–Crippen LogP) is 3.84. The number of esters is 1. The second kappa shape index (κ2) is 26.3. The first-order valence-electron chi connectivity index (χ1n) is 23.4. The first-order chi connectivity index (χ1) is 31.2. The lowest BCUT2D eigenvalue weighted by atomic mass is 9.89. The number of nitrogens with one attached hydrogen (secondary N) is 3. The Bertz CT molecular complexity index is 1870. The third-order valence-electron chi connectivity index (χ3n) is 13.1. The molecule has 16 nitrogen and oxygen atoms in total. The van der Waals surface area contributed by atoms with Crippen LogP contribution in [0.4, 0.5) is 5.69 Å². The zero-order valence-corrected chi connectivity index (χ0v) is 41.7. The van der Waals surface area contributed by atoms with Gasteiger partial charge in [0.05, 0.1) is 49.8 Å². The van der Waals surface area contributed by atoms with Crippen LogP contribution in [-0.4, -0.2) is 148 Å². The Kier molecular flexibility index (Phi) is 22.0. The van der Waals surface area contributed by atoms with Crippen molar-refractivity contribution >= 4 is 41.2 Å². The Morgan fingerprint density at radius 3 is 1.88 bits per heavy atom. The van der Waals surface area contributed by atoms with E-state index in [0.29, 0.717) is 31.5 Å². The fourth-order valence-corrected chi connectivity index (χ4v) is 9.27. The third kappa shape index (κ3) is 15.0. The van der Waals surface area contributed by atoms with Gasteiger partial charge < -0.3 is 45.7 Å². The molecule has 1 saturated heterocycles. The molecule has 16 heteroatoms. The molecule has 5 amide bonds. The van der Waals surface area contributed by atoms with E-state index < -0.39 is 72.2 Å². The molecule has 2 aromatic rings. The van der Waals surface area contributed by atoms with Crippen molar-refractivity contribution in [3.8, 4) is 0 Å². The molecule has 5 N–H and O–H groups in total. The van der Waals surface area contributed by atoms with Gasteiger partial charge >= 0.3 is 5.97 Å². The Morgan fingerprint density at radius 1 is 0.758 bits per heavy atom. The second-order valence-corrected chi connectivity index (χ2v) is 18.8. The number of nitrogens with zero attached hydrogens (tertiary/aromatic N) is 3. The lowest BCUT2D eigenvalue weighted by molar-refractivity contribution is -0.148. The fraction of sp³-hybridized carbons (Fsp3) is 0.640. The summed E-state index contributed by atoms with van der Waals surface area (Å²) in [4.78, 5) is 88.8. The van der Waals surface area contributed by atoms with Crippen LogP contribution < -0.4 is 21.7 Å². The van der Waals surface area contributed by atoms with Gasteiger partial charge in [0, 0.05) is 46.3 Å². The van der Waals surface area contributed by atoms with Gasteiger partial charge in [-0.2, -0.15) is 0 Å². The highest BCUT2D eigenvalue weighted by molar-refractivity contribution is 5.92. The van der Waals surface area contributed by atoms with Crippen LogP contribution >= 0.6 is 0 Å². The summed E-state index contributed by atoms with van der Waals surface area (Å²) in [5.74, 6) is -3.45. The van der Waals surface area contributed by atoms with Crippen LogP contribution in [0.1, 0.15) is 85.3 Å². The van der Waals surface area contributed by atoms with Crippen LogP contribution in [-0.2, 0) is 55.8 Å². The van der Waals surface area contributed by atoms with E-state index in [-0.39, 0.29) is 54.7 Å². The Balaban J connectivity index is 1.84. The Labute approximate surface area is 393 Å². The third-order valence-corrected chi connectivity index (χ3v) is 13.1. The molecule has 0 bridgehead atoms. The van der Waals surface area contributed by atoms with Gasteiger partial charge in [-0.15, -0.1) is 0 Å². The standard InChI is InChI=1S/C50H79N7O9/c1-14-32(6)44(56(10)49(62)42(30(2)3)54-48(61)43(31(4)5)55(8)9)40(64-11)29-41(58)57-26-18-21-39(57)45(65-12)33(7)46(59)52-37(27-34-19-16-15-17-20-34)47(60)53-38(50(63)66-13)28-35-22-24-36(51)25-23-35/h15-17,19-20,22-25,30-33,37-40,42-45H,14,18,21,26-29,51H2,1-13H3,(H,52,59)(H,53,60)(H,54,61)/t32-,33+,37?,38?,39-,40+,42?,43-,44?,45+/m0/s1. The van der Waals surface area contributed by atoms with Crippen LogP contribution in [0.2, 0.25) is 0 Å². The number of rotatable bonds is 25. The molecule has 0 saturated carbocycles. The van der Waals surface area contributed by atoms with E-state index in [9.17, 15) is 28.8 Å². The van der Waals surface area contributed by atoms with E-state index in [0.717, 1.165) is 11.1 Å². The van der Waals surface area contributed by atoms with E-state index in [2.05, 4.69) is 16.0 Å². The minimum atomic E-state index is -1.08. The molecule has 10 atom stereocenters. The number of likely N-dealkylation sites (tertiary alicyclic amines) is 1. The van der Waals surface area contributed by atoms with Gasteiger partial charge in [0.25, 0.3) is 0 Å². The predicted molar refractivity (Wildman–Crippen MR) is 256 cm³/mol. The summed E-state index contributed by atoms with van der Waals surface area (Å²) in [5.41, 5.74) is 7.96. The molecule has 368 valence electrons. The van der Waals surface area contributed by atoms with Crippen molar-refractivity contribution in [1.82, 2.24) is 30.7 Å².